The number of nitrogens with one attached hydrogen (secondary N) is 1. The van der Waals surface area contributed by atoms with Crippen LogP contribution in [0.4, 0.5) is 0 Å². The molecule has 3 heteroatoms. The molecule has 0 atom stereocenters. The maximum Gasteiger partial charge on any atom is 0.236 e. The van der Waals surface area contributed by atoms with E-state index < -0.39 is 0 Å². The molecule has 0 saturated heterocycles. The molecule has 0 aliphatic heterocycles. The molecule has 1 N–H and O–H groups in total. The molecule has 0 saturated carbocycles. The van der Waals surface area contributed by atoms with Gasteiger partial charge in [0.15, 0.2) is 0 Å². The van der Waals surface area contributed by atoms with Gasteiger partial charge < -0.3 is 10.2 Å². The van der Waals surface area contributed by atoms with E-state index in [0.717, 1.165) is 19.6 Å². The second-order valence-electron chi connectivity index (χ2n) is 3.45. The summed E-state index contributed by atoms with van der Waals surface area (Å²) >= 11 is 0. The lowest BCUT2D eigenvalue weighted by Crippen LogP contribution is -2.38. The Kier molecular flexibility index (Phi) is 8.64. The Morgan fingerprint density at radius 1 is 1.14 bits per heavy atom. The zero-order valence-electron chi connectivity index (χ0n) is 9.81. The van der Waals surface area contributed by atoms with Crippen LogP contribution < -0.4 is 5.32 Å². The molecule has 0 aromatic rings. The summed E-state index contributed by atoms with van der Waals surface area (Å²) in [5.74, 6) is 0.214. The highest BCUT2D eigenvalue weighted by molar-refractivity contribution is 5.78. The molecule has 3 nitrogen and oxygen atoms in total. The lowest BCUT2D eigenvalue weighted by atomic mass is 10.2. The van der Waals surface area contributed by atoms with Gasteiger partial charge in [-0.1, -0.05) is 19.8 Å². The van der Waals surface area contributed by atoms with E-state index in [1.54, 1.807) is 0 Å². The molecule has 84 valence electrons. The number of carbonyl (C=O) groups excluding carboxylic acids is 1. The van der Waals surface area contributed by atoms with Crippen LogP contribution in [0.15, 0.2) is 0 Å². The minimum Gasteiger partial charge on any atom is -0.342 e. The van der Waals surface area contributed by atoms with Gasteiger partial charge in [0.1, 0.15) is 0 Å². The van der Waals surface area contributed by atoms with Crippen molar-refractivity contribution in [3.63, 3.8) is 0 Å². The van der Waals surface area contributed by atoms with E-state index >= 15 is 0 Å². The third-order valence-electron chi connectivity index (χ3n) is 2.35. The average Bonchev–Trinajstić information content (AvgIpc) is 2.19. The number of amides is 1. The standard InChI is InChI=1S/C11H24N2O/c1-4-7-8-9-12-10-11(14)13(5-2)6-3/h12H,4-10H2,1-3H3. The van der Waals surface area contributed by atoms with Crippen LogP contribution in [0.5, 0.6) is 0 Å². The van der Waals surface area contributed by atoms with Crippen LogP contribution in [0.1, 0.15) is 40.0 Å². The second kappa shape index (κ2) is 9.00. The first kappa shape index (κ1) is 13.4. The molecule has 1 amide bonds. The molecule has 0 fully saturated rings. The molecule has 0 radical (unpaired) electrons. The van der Waals surface area contributed by atoms with E-state index in [4.69, 9.17) is 0 Å². The summed E-state index contributed by atoms with van der Waals surface area (Å²) in [5.41, 5.74) is 0. The first-order valence-corrected chi connectivity index (χ1v) is 5.74. The number of nitrogens with zero attached hydrogens (tertiary/aromatic N) is 1. The molecule has 0 aliphatic rings. The minimum atomic E-state index is 0.214. The highest BCUT2D eigenvalue weighted by Gasteiger charge is 2.07. The molecule has 0 rings (SSSR count). The second-order valence-corrected chi connectivity index (χ2v) is 3.45. The summed E-state index contributed by atoms with van der Waals surface area (Å²) in [4.78, 5) is 13.4. The smallest absolute Gasteiger partial charge is 0.236 e. The van der Waals surface area contributed by atoms with Crippen LogP contribution in [0.3, 0.4) is 0 Å². The van der Waals surface area contributed by atoms with Gasteiger partial charge in [-0.25, -0.2) is 0 Å². The molecule has 0 bridgehead atoms. The average molecular weight is 200 g/mol. The maximum absolute atomic E-state index is 11.5. The Morgan fingerprint density at radius 2 is 1.79 bits per heavy atom. The third kappa shape index (κ3) is 5.97. The van der Waals surface area contributed by atoms with Gasteiger partial charge in [-0.15, -0.1) is 0 Å². The topological polar surface area (TPSA) is 32.3 Å². The Labute approximate surface area is 87.9 Å². The quantitative estimate of drug-likeness (QED) is 0.604. The minimum absolute atomic E-state index is 0.214. The number of hydrogen-bond acceptors (Lipinski definition) is 2. The lowest BCUT2D eigenvalue weighted by molar-refractivity contribution is -0.129. The summed E-state index contributed by atoms with van der Waals surface area (Å²) in [7, 11) is 0. The van der Waals surface area contributed by atoms with E-state index in [1.165, 1.54) is 19.3 Å². The van der Waals surface area contributed by atoms with Gasteiger partial charge in [0.05, 0.1) is 6.54 Å². The van der Waals surface area contributed by atoms with Gasteiger partial charge in [-0.05, 0) is 26.8 Å². The largest absolute Gasteiger partial charge is 0.342 e. The van der Waals surface area contributed by atoms with Gasteiger partial charge in [0.25, 0.3) is 0 Å². The number of carbonyl (C=O) groups is 1. The van der Waals surface area contributed by atoms with Gasteiger partial charge in [0.2, 0.25) is 5.91 Å². The van der Waals surface area contributed by atoms with Crippen molar-refractivity contribution in [3.05, 3.63) is 0 Å². The van der Waals surface area contributed by atoms with E-state index in [1.807, 2.05) is 18.7 Å². The van der Waals surface area contributed by atoms with Crippen LogP contribution in [-0.4, -0.2) is 37.0 Å². The van der Waals surface area contributed by atoms with Crippen molar-refractivity contribution in [2.45, 2.75) is 40.0 Å². The molecule has 0 aromatic carbocycles. The fourth-order valence-corrected chi connectivity index (χ4v) is 1.38. The fourth-order valence-electron chi connectivity index (χ4n) is 1.38. The number of hydrogen-bond donors (Lipinski definition) is 1. The van der Waals surface area contributed by atoms with Crippen molar-refractivity contribution in [3.8, 4) is 0 Å². The van der Waals surface area contributed by atoms with Gasteiger partial charge >= 0.3 is 0 Å². The van der Waals surface area contributed by atoms with Crippen molar-refractivity contribution >= 4 is 5.91 Å². The maximum atomic E-state index is 11.5. The van der Waals surface area contributed by atoms with Crippen molar-refractivity contribution in [2.75, 3.05) is 26.2 Å². The van der Waals surface area contributed by atoms with Crippen LogP contribution >= 0.6 is 0 Å². The van der Waals surface area contributed by atoms with E-state index in [2.05, 4.69) is 12.2 Å². The normalized spacial score (nSPS) is 10.2. The van der Waals surface area contributed by atoms with Crippen LogP contribution in [0, 0.1) is 0 Å². The van der Waals surface area contributed by atoms with Crippen molar-refractivity contribution in [2.24, 2.45) is 0 Å². The molecule has 0 aromatic heterocycles. The lowest BCUT2D eigenvalue weighted by Gasteiger charge is -2.18. The highest BCUT2D eigenvalue weighted by atomic mass is 16.2. The van der Waals surface area contributed by atoms with Crippen molar-refractivity contribution in [1.29, 1.82) is 0 Å². The highest BCUT2D eigenvalue weighted by Crippen LogP contribution is 1.91. The van der Waals surface area contributed by atoms with E-state index in [-0.39, 0.29) is 5.91 Å². The predicted molar refractivity (Wildman–Crippen MR) is 60.3 cm³/mol. The van der Waals surface area contributed by atoms with Crippen LogP contribution in [0.25, 0.3) is 0 Å². The molecule has 0 spiro atoms. The molecular weight excluding hydrogens is 176 g/mol. The Hall–Kier alpha value is -0.570. The summed E-state index contributed by atoms with van der Waals surface area (Å²) in [6.07, 6.45) is 3.64. The Bertz CT molecular complexity index is 144. The molecule has 0 heterocycles. The van der Waals surface area contributed by atoms with Crippen LogP contribution in [0.2, 0.25) is 0 Å². The van der Waals surface area contributed by atoms with E-state index in [9.17, 15) is 4.79 Å². The molecule has 0 unspecified atom stereocenters. The van der Waals surface area contributed by atoms with Gasteiger partial charge in [-0.2, -0.15) is 0 Å². The first-order chi connectivity index (χ1) is 6.76. The molecule has 14 heavy (non-hydrogen) atoms. The summed E-state index contributed by atoms with van der Waals surface area (Å²) < 4.78 is 0. The third-order valence-corrected chi connectivity index (χ3v) is 2.35. The van der Waals surface area contributed by atoms with E-state index in [0.29, 0.717) is 6.54 Å². The monoisotopic (exact) mass is 200 g/mol. The summed E-state index contributed by atoms with van der Waals surface area (Å²) in [6.45, 7) is 9.28. The number of unbranched alkanes of at least 4 members (excludes halogenated alkanes) is 2. The Balaban J connectivity index is 3.43. The zero-order chi connectivity index (χ0) is 10.8. The van der Waals surface area contributed by atoms with Crippen LogP contribution in [-0.2, 0) is 4.79 Å². The fraction of sp³-hybridized carbons (Fsp3) is 0.909. The van der Waals surface area contributed by atoms with Gasteiger partial charge in [-0.3, -0.25) is 4.79 Å². The first-order valence-electron chi connectivity index (χ1n) is 5.74. The zero-order valence-corrected chi connectivity index (χ0v) is 9.81. The van der Waals surface area contributed by atoms with Gasteiger partial charge in [0, 0.05) is 13.1 Å². The molecular formula is C11H24N2O. The SMILES string of the molecule is CCCCCNCC(=O)N(CC)CC. The number of likely N-dealkylation sites (N-methyl/N-ethyl adjacent to an activating group) is 1. The summed E-state index contributed by atoms with van der Waals surface area (Å²) in [5, 5.41) is 3.18. The van der Waals surface area contributed by atoms with Crippen molar-refractivity contribution in [1.82, 2.24) is 10.2 Å². The summed E-state index contributed by atoms with van der Waals surface area (Å²) in [6, 6.07) is 0. The molecule has 0 aliphatic carbocycles. The Morgan fingerprint density at radius 3 is 2.29 bits per heavy atom. The number of rotatable bonds is 8. The van der Waals surface area contributed by atoms with Crippen molar-refractivity contribution < 1.29 is 4.79 Å². The predicted octanol–water partition coefficient (Wildman–Crippen LogP) is 1.63.